The Morgan fingerprint density at radius 3 is 2.90 bits per heavy atom. The molecule has 0 radical (unpaired) electrons. The van der Waals surface area contributed by atoms with Crippen molar-refractivity contribution in [3.05, 3.63) is 0 Å². The summed E-state index contributed by atoms with van der Waals surface area (Å²) in [6.45, 7) is 2.41. The lowest BCUT2D eigenvalue weighted by molar-refractivity contribution is 0.571. The van der Waals surface area contributed by atoms with E-state index in [0.717, 1.165) is 0 Å². The zero-order chi connectivity index (χ0) is 7.56. The smallest absolute Gasteiger partial charge is 0.245 e. The van der Waals surface area contributed by atoms with Gasteiger partial charge in [-0.25, -0.2) is 14.0 Å². The second kappa shape index (κ2) is 2.84. The Morgan fingerprint density at radius 2 is 2.50 bits per heavy atom. The zero-order valence-corrected chi connectivity index (χ0v) is 6.21. The predicted molar refractivity (Wildman–Crippen MR) is 34.1 cm³/mol. The molecule has 1 rings (SSSR count). The molecule has 1 aromatic rings. The molecule has 0 aliphatic carbocycles. The van der Waals surface area contributed by atoms with Gasteiger partial charge >= 0.3 is 0 Å². The molecule has 0 amide bonds. The molecule has 0 bridgehead atoms. The Balaban J connectivity index is 3.01. The quantitative estimate of drug-likeness (QED) is 0.582. The molecular weight excluding hydrogens is 154 g/mol. The first-order valence-electron chi connectivity index (χ1n) is 2.68. The molecule has 0 saturated carbocycles. The minimum absolute atomic E-state index is 0.211. The van der Waals surface area contributed by atoms with Gasteiger partial charge in [0.05, 0.1) is 0 Å². The second-order valence-electron chi connectivity index (χ2n) is 1.57. The molecule has 6 nitrogen and oxygen atoms in total. The van der Waals surface area contributed by atoms with Crippen LogP contribution in [0.5, 0.6) is 0 Å². The summed E-state index contributed by atoms with van der Waals surface area (Å²) in [5.41, 5.74) is 0. The highest BCUT2D eigenvalue weighted by Crippen LogP contribution is 1.92. The first-order chi connectivity index (χ1) is 4.75. The van der Waals surface area contributed by atoms with E-state index < -0.39 is 11.0 Å². The maximum absolute atomic E-state index is 10.6. The van der Waals surface area contributed by atoms with Gasteiger partial charge in [0.25, 0.3) is 5.16 Å². The Kier molecular flexibility index (Phi) is 2.07. The van der Waals surface area contributed by atoms with Crippen molar-refractivity contribution in [1.29, 1.82) is 0 Å². The van der Waals surface area contributed by atoms with Gasteiger partial charge in [-0.05, 0) is 17.4 Å². The lowest BCUT2D eigenvalue weighted by atomic mass is 10.8. The fraction of sp³-hybridized carbons (Fsp3) is 0.667. The van der Waals surface area contributed by atoms with E-state index in [1.165, 1.54) is 4.68 Å². The Bertz CT molecular complexity index is 245. The van der Waals surface area contributed by atoms with Crippen LogP contribution in [0.2, 0.25) is 0 Å². The summed E-state index contributed by atoms with van der Waals surface area (Å²) in [4.78, 5) is 0. The largest absolute Gasteiger partial charge is 0.254 e. The second-order valence-corrected chi connectivity index (χ2v) is 2.53. The van der Waals surface area contributed by atoms with E-state index in [4.69, 9.17) is 5.14 Å². The summed E-state index contributed by atoms with van der Waals surface area (Å²) in [6.07, 6.45) is 0. The van der Waals surface area contributed by atoms with Crippen molar-refractivity contribution in [3.8, 4) is 0 Å². The van der Waals surface area contributed by atoms with Gasteiger partial charge in [-0.1, -0.05) is 5.10 Å². The number of nitrogens with zero attached hydrogens (tertiary/aromatic N) is 4. The molecule has 56 valence electrons. The molecule has 0 fully saturated rings. The molecule has 0 aromatic carbocycles. The van der Waals surface area contributed by atoms with Gasteiger partial charge in [-0.15, -0.1) is 0 Å². The van der Waals surface area contributed by atoms with Crippen LogP contribution in [0.3, 0.4) is 0 Å². The Labute approximate surface area is 60.0 Å². The topological polar surface area (TPSA) is 86.7 Å². The number of tetrazole rings is 1. The number of aromatic nitrogens is 4. The van der Waals surface area contributed by atoms with Gasteiger partial charge in [0, 0.05) is 6.54 Å². The van der Waals surface area contributed by atoms with Crippen LogP contribution in [-0.4, -0.2) is 24.4 Å². The van der Waals surface area contributed by atoms with Crippen molar-refractivity contribution in [2.45, 2.75) is 18.6 Å². The van der Waals surface area contributed by atoms with E-state index in [9.17, 15) is 4.21 Å². The van der Waals surface area contributed by atoms with Crippen molar-refractivity contribution in [1.82, 2.24) is 20.2 Å². The summed E-state index contributed by atoms with van der Waals surface area (Å²) in [6, 6.07) is 0. The third kappa shape index (κ3) is 1.19. The Hall–Kier alpha value is -0.820. The molecule has 1 aromatic heterocycles. The Morgan fingerprint density at radius 1 is 1.80 bits per heavy atom. The maximum Gasteiger partial charge on any atom is 0.254 e. The van der Waals surface area contributed by atoms with E-state index >= 15 is 0 Å². The van der Waals surface area contributed by atoms with Crippen LogP contribution in [0.4, 0.5) is 0 Å². The van der Waals surface area contributed by atoms with Gasteiger partial charge < -0.3 is 0 Å². The summed E-state index contributed by atoms with van der Waals surface area (Å²) >= 11 is 0. The summed E-state index contributed by atoms with van der Waals surface area (Å²) < 4.78 is 12.0. The number of aryl methyl sites for hydroxylation is 1. The molecule has 0 saturated heterocycles. The number of nitrogens with two attached hydrogens (primary N) is 1. The highest BCUT2D eigenvalue weighted by atomic mass is 32.2. The predicted octanol–water partition coefficient (Wildman–Crippen LogP) is -1.33. The number of hydrogen-bond acceptors (Lipinski definition) is 4. The fourth-order valence-corrected chi connectivity index (χ4v) is 1.03. The van der Waals surface area contributed by atoms with Crippen molar-refractivity contribution >= 4 is 11.0 Å². The highest BCUT2D eigenvalue weighted by Gasteiger charge is 2.06. The first-order valence-corrected chi connectivity index (χ1v) is 3.89. The van der Waals surface area contributed by atoms with Crippen LogP contribution in [0, 0.1) is 0 Å². The van der Waals surface area contributed by atoms with Crippen molar-refractivity contribution in [2.24, 2.45) is 5.14 Å². The van der Waals surface area contributed by atoms with E-state index in [1.54, 1.807) is 0 Å². The third-order valence-electron chi connectivity index (χ3n) is 0.979. The molecular formula is C3H7N5OS. The lowest BCUT2D eigenvalue weighted by Gasteiger charge is -1.93. The molecule has 1 unspecified atom stereocenters. The monoisotopic (exact) mass is 161 g/mol. The summed E-state index contributed by atoms with van der Waals surface area (Å²) in [5.74, 6) is 0. The molecule has 0 aliphatic heterocycles. The molecule has 1 atom stereocenters. The fourth-order valence-electron chi connectivity index (χ4n) is 0.539. The van der Waals surface area contributed by atoms with Crippen LogP contribution in [-0.2, 0) is 17.5 Å². The number of hydrogen-bond donors (Lipinski definition) is 1. The molecule has 10 heavy (non-hydrogen) atoms. The van der Waals surface area contributed by atoms with Crippen LogP contribution >= 0.6 is 0 Å². The van der Waals surface area contributed by atoms with E-state index in [2.05, 4.69) is 15.5 Å². The normalized spacial score (nSPS) is 13.4. The summed E-state index contributed by atoms with van der Waals surface area (Å²) in [5, 5.41) is 15.6. The lowest BCUT2D eigenvalue weighted by Crippen LogP contribution is -2.11. The van der Waals surface area contributed by atoms with Crippen LogP contribution in [0.1, 0.15) is 6.92 Å². The van der Waals surface area contributed by atoms with E-state index in [1.807, 2.05) is 6.92 Å². The van der Waals surface area contributed by atoms with E-state index in [0.29, 0.717) is 6.54 Å². The number of rotatable bonds is 2. The van der Waals surface area contributed by atoms with Gasteiger partial charge in [0.2, 0.25) is 0 Å². The molecule has 0 spiro atoms. The van der Waals surface area contributed by atoms with Crippen molar-refractivity contribution in [2.75, 3.05) is 0 Å². The maximum atomic E-state index is 10.6. The summed E-state index contributed by atoms with van der Waals surface area (Å²) in [7, 11) is -1.58. The zero-order valence-electron chi connectivity index (χ0n) is 5.39. The van der Waals surface area contributed by atoms with Gasteiger partial charge in [-0.3, -0.25) is 0 Å². The minimum Gasteiger partial charge on any atom is -0.245 e. The van der Waals surface area contributed by atoms with Gasteiger partial charge in [-0.2, -0.15) is 0 Å². The van der Waals surface area contributed by atoms with Crippen molar-refractivity contribution in [3.63, 3.8) is 0 Å². The SMILES string of the molecule is CCn1nnnc1S(N)=O. The highest BCUT2D eigenvalue weighted by molar-refractivity contribution is 7.82. The van der Waals surface area contributed by atoms with Gasteiger partial charge in [0.15, 0.2) is 11.0 Å². The molecule has 7 heteroatoms. The van der Waals surface area contributed by atoms with E-state index in [-0.39, 0.29) is 5.16 Å². The molecule has 0 aliphatic rings. The third-order valence-corrected chi connectivity index (χ3v) is 1.63. The van der Waals surface area contributed by atoms with Gasteiger partial charge in [0.1, 0.15) is 0 Å². The average molecular weight is 161 g/mol. The molecule has 2 N–H and O–H groups in total. The van der Waals surface area contributed by atoms with Crippen LogP contribution < -0.4 is 5.14 Å². The van der Waals surface area contributed by atoms with Crippen molar-refractivity contribution < 1.29 is 4.21 Å². The average Bonchev–Trinajstić information content (AvgIpc) is 2.33. The van der Waals surface area contributed by atoms with Crippen LogP contribution in [0.15, 0.2) is 5.16 Å². The van der Waals surface area contributed by atoms with Crippen LogP contribution in [0.25, 0.3) is 0 Å². The minimum atomic E-state index is -1.58. The first kappa shape index (κ1) is 7.29. The molecule has 1 heterocycles. The standard InChI is InChI=1S/C3H7N5OS/c1-2-8-3(10(4)9)5-6-7-8/h2,4H2,1H3.